The second-order valence-electron chi connectivity index (χ2n) is 4.38. The smallest absolute Gasteiger partial charge is 0.133 e. The van der Waals surface area contributed by atoms with Crippen LogP contribution in [-0.2, 0) is 6.54 Å². The molecular weight excluding hydrogens is 246 g/mol. The van der Waals surface area contributed by atoms with E-state index in [1.165, 1.54) is 11.1 Å². The van der Waals surface area contributed by atoms with Gasteiger partial charge >= 0.3 is 0 Å². The molecule has 2 rings (SSSR count). The van der Waals surface area contributed by atoms with E-state index in [1.54, 1.807) is 6.07 Å². The van der Waals surface area contributed by atoms with Crippen molar-refractivity contribution in [2.75, 3.05) is 0 Å². The first-order valence-corrected chi connectivity index (χ1v) is 6.21. The summed E-state index contributed by atoms with van der Waals surface area (Å²) in [5.41, 5.74) is 8.97. The maximum Gasteiger partial charge on any atom is 0.133 e. The van der Waals surface area contributed by atoms with Crippen LogP contribution in [0.5, 0.6) is 11.5 Å². The fourth-order valence-electron chi connectivity index (χ4n) is 1.91. The van der Waals surface area contributed by atoms with Crippen LogP contribution < -0.4 is 10.5 Å². The molecule has 0 amide bonds. The van der Waals surface area contributed by atoms with Crippen molar-refractivity contribution in [1.82, 2.24) is 0 Å². The lowest BCUT2D eigenvalue weighted by atomic mass is 10.1. The van der Waals surface area contributed by atoms with Crippen LogP contribution in [-0.4, -0.2) is 0 Å². The maximum absolute atomic E-state index is 5.98. The van der Waals surface area contributed by atoms with Gasteiger partial charge in [-0.2, -0.15) is 0 Å². The summed E-state index contributed by atoms with van der Waals surface area (Å²) in [6, 6.07) is 11.6. The Morgan fingerprint density at radius 2 is 1.72 bits per heavy atom. The van der Waals surface area contributed by atoms with Gasteiger partial charge in [-0.1, -0.05) is 23.7 Å². The Hall–Kier alpha value is -1.51. The van der Waals surface area contributed by atoms with Gasteiger partial charge in [0.2, 0.25) is 0 Å². The molecule has 0 bridgehead atoms. The van der Waals surface area contributed by atoms with E-state index in [9.17, 15) is 0 Å². The first-order chi connectivity index (χ1) is 8.58. The molecular formula is C15H16ClNO. The molecule has 0 heterocycles. The van der Waals surface area contributed by atoms with Gasteiger partial charge in [0.15, 0.2) is 0 Å². The Morgan fingerprint density at radius 1 is 1.06 bits per heavy atom. The maximum atomic E-state index is 5.98. The van der Waals surface area contributed by atoms with E-state index >= 15 is 0 Å². The first kappa shape index (κ1) is 12.9. The SMILES string of the molecule is Cc1cc(C)cc(Oc2cc(Cl)ccc2CN)c1. The monoisotopic (exact) mass is 261 g/mol. The zero-order valence-corrected chi connectivity index (χ0v) is 11.3. The minimum atomic E-state index is 0.428. The molecule has 3 heteroatoms. The molecule has 0 fully saturated rings. The predicted molar refractivity (Wildman–Crippen MR) is 75.3 cm³/mol. The van der Waals surface area contributed by atoms with Crippen molar-refractivity contribution in [1.29, 1.82) is 0 Å². The number of nitrogens with two attached hydrogens (primary N) is 1. The van der Waals surface area contributed by atoms with Gasteiger partial charge in [0, 0.05) is 17.1 Å². The molecule has 0 aliphatic rings. The third kappa shape index (κ3) is 3.03. The molecule has 2 nitrogen and oxygen atoms in total. The average molecular weight is 262 g/mol. The van der Waals surface area contributed by atoms with Gasteiger partial charge in [-0.3, -0.25) is 0 Å². The molecule has 2 N–H and O–H groups in total. The Morgan fingerprint density at radius 3 is 2.33 bits per heavy atom. The van der Waals surface area contributed by atoms with Crippen LogP contribution in [0.4, 0.5) is 0 Å². The second-order valence-corrected chi connectivity index (χ2v) is 4.82. The Balaban J connectivity index is 2.35. The van der Waals surface area contributed by atoms with Crippen molar-refractivity contribution < 1.29 is 4.74 Å². The Kier molecular flexibility index (Phi) is 3.90. The highest BCUT2D eigenvalue weighted by molar-refractivity contribution is 6.30. The lowest BCUT2D eigenvalue weighted by Crippen LogP contribution is -1.99. The third-order valence-electron chi connectivity index (χ3n) is 2.67. The molecule has 0 saturated heterocycles. The fourth-order valence-corrected chi connectivity index (χ4v) is 2.07. The largest absolute Gasteiger partial charge is 0.457 e. The third-order valence-corrected chi connectivity index (χ3v) is 2.91. The van der Waals surface area contributed by atoms with Crippen molar-refractivity contribution in [3.8, 4) is 11.5 Å². The van der Waals surface area contributed by atoms with Crippen molar-refractivity contribution in [2.45, 2.75) is 20.4 Å². The van der Waals surface area contributed by atoms with Crippen molar-refractivity contribution >= 4 is 11.6 Å². The van der Waals surface area contributed by atoms with Crippen LogP contribution in [0.15, 0.2) is 36.4 Å². The summed E-state index contributed by atoms with van der Waals surface area (Å²) in [5, 5.41) is 0.645. The standard InChI is InChI=1S/C15H16ClNO/c1-10-5-11(2)7-14(6-10)18-15-8-13(16)4-3-12(15)9-17/h3-8H,9,17H2,1-2H3. The van der Waals surface area contributed by atoms with E-state index in [0.717, 1.165) is 17.1 Å². The van der Waals surface area contributed by atoms with E-state index < -0.39 is 0 Å². The molecule has 0 radical (unpaired) electrons. The molecule has 2 aromatic carbocycles. The highest BCUT2D eigenvalue weighted by Crippen LogP contribution is 2.29. The molecule has 94 valence electrons. The van der Waals surface area contributed by atoms with Crippen LogP contribution in [0, 0.1) is 13.8 Å². The van der Waals surface area contributed by atoms with E-state index in [2.05, 4.69) is 6.07 Å². The summed E-state index contributed by atoms with van der Waals surface area (Å²) in [7, 11) is 0. The number of rotatable bonds is 3. The van der Waals surface area contributed by atoms with Crippen LogP contribution in [0.2, 0.25) is 5.02 Å². The number of aryl methyl sites for hydroxylation is 2. The van der Waals surface area contributed by atoms with Gasteiger partial charge in [0.25, 0.3) is 0 Å². The number of ether oxygens (including phenoxy) is 1. The zero-order valence-electron chi connectivity index (χ0n) is 10.5. The van der Waals surface area contributed by atoms with E-state index in [4.69, 9.17) is 22.1 Å². The van der Waals surface area contributed by atoms with Crippen LogP contribution in [0.3, 0.4) is 0 Å². The van der Waals surface area contributed by atoms with E-state index in [-0.39, 0.29) is 0 Å². The number of hydrogen-bond donors (Lipinski definition) is 1. The highest BCUT2D eigenvalue weighted by Gasteiger charge is 2.05. The average Bonchev–Trinajstić information content (AvgIpc) is 2.27. The highest BCUT2D eigenvalue weighted by atomic mass is 35.5. The second kappa shape index (κ2) is 5.42. The predicted octanol–water partition coefficient (Wildman–Crippen LogP) is 4.21. The normalized spacial score (nSPS) is 10.4. The summed E-state index contributed by atoms with van der Waals surface area (Å²) >= 11 is 5.98. The fraction of sp³-hybridized carbons (Fsp3) is 0.200. The lowest BCUT2D eigenvalue weighted by Gasteiger charge is -2.11. The molecule has 0 aliphatic carbocycles. The zero-order chi connectivity index (χ0) is 13.1. The van der Waals surface area contributed by atoms with Crippen molar-refractivity contribution in [3.05, 3.63) is 58.1 Å². The van der Waals surface area contributed by atoms with Gasteiger partial charge in [-0.15, -0.1) is 0 Å². The molecule has 0 aromatic heterocycles. The molecule has 0 saturated carbocycles. The minimum Gasteiger partial charge on any atom is -0.457 e. The summed E-state index contributed by atoms with van der Waals surface area (Å²) in [5.74, 6) is 1.53. The molecule has 0 spiro atoms. The Bertz CT molecular complexity index is 546. The van der Waals surface area contributed by atoms with Gasteiger partial charge < -0.3 is 10.5 Å². The first-order valence-electron chi connectivity index (χ1n) is 5.83. The Labute approximate surface area is 112 Å². The van der Waals surface area contributed by atoms with Crippen molar-refractivity contribution in [2.24, 2.45) is 5.73 Å². The number of hydrogen-bond acceptors (Lipinski definition) is 2. The van der Waals surface area contributed by atoms with Gasteiger partial charge in [-0.05, 0) is 49.2 Å². The number of benzene rings is 2. The van der Waals surface area contributed by atoms with Crippen LogP contribution in [0.1, 0.15) is 16.7 Å². The quantitative estimate of drug-likeness (QED) is 0.898. The summed E-state index contributed by atoms with van der Waals surface area (Å²) < 4.78 is 5.88. The molecule has 0 unspecified atom stereocenters. The molecule has 18 heavy (non-hydrogen) atoms. The van der Waals surface area contributed by atoms with Gasteiger partial charge in [-0.25, -0.2) is 0 Å². The van der Waals surface area contributed by atoms with E-state index in [1.807, 2.05) is 38.1 Å². The van der Waals surface area contributed by atoms with Crippen molar-refractivity contribution in [3.63, 3.8) is 0 Å². The molecule has 0 aliphatic heterocycles. The van der Waals surface area contributed by atoms with Gasteiger partial charge in [0.05, 0.1) is 0 Å². The van der Waals surface area contributed by atoms with Crippen LogP contribution >= 0.6 is 11.6 Å². The molecule has 0 atom stereocenters. The van der Waals surface area contributed by atoms with Crippen LogP contribution in [0.25, 0.3) is 0 Å². The topological polar surface area (TPSA) is 35.2 Å². The number of halogens is 1. The lowest BCUT2D eigenvalue weighted by molar-refractivity contribution is 0.475. The minimum absolute atomic E-state index is 0.428. The summed E-state index contributed by atoms with van der Waals surface area (Å²) in [6.07, 6.45) is 0. The van der Waals surface area contributed by atoms with Gasteiger partial charge in [0.1, 0.15) is 11.5 Å². The van der Waals surface area contributed by atoms with E-state index in [0.29, 0.717) is 11.6 Å². The summed E-state index contributed by atoms with van der Waals surface area (Å²) in [4.78, 5) is 0. The summed E-state index contributed by atoms with van der Waals surface area (Å²) in [6.45, 7) is 4.51. The molecule has 2 aromatic rings.